The molecule has 0 saturated carbocycles. The maximum absolute atomic E-state index is 12.7. The summed E-state index contributed by atoms with van der Waals surface area (Å²) in [5.41, 5.74) is 2.05. The smallest absolute Gasteiger partial charge is 0.276 e. The van der Waals surface area contributed by atoms with Crippen LogP contribution in [-0.4, -0.2) is 46.6 Å². The van der Waals surface area contributed by atoms with Gasteiger partial charge in [0.15, 0.2) is 5.82 Å². The number of nitrogens with zero attached hydrogens (tertiary/aromatic N) is 4. The second-order valence-corrected chi connectivity index (χ2v) is 8.19. The molecule has 0 saturated heterocycles. The molecule has 0 fully saturated rings. The Balaban J connectivity index is 0.00000261. The largest absolute Gasteiger partial charge is 0.294 e. The van der Waals surface area contributed by atoms with Gasteiger partial charge in [0.25, 0.3) is 5.56 Å². The van der Waals surface area contributed by atoms with E-state index in [4.69, 9.17) is 0 Å². The van der Waals surface area contributed by atoms with Crippen molar-refractivity contribution in [2.45, 2.75) is 18.2 Å². The Hall–Kier alpha value is -2.49. The third kappa shape index (κ3) is 4.10. The molecule has 0 bridgehead atoms. The molecule has 0 unspecified atom stereocenters. The van der Waals surface area contributed by atoms with Crippen molar-refractivity contribution in [2.24, 2.45) is 0 Å². The minimum atomic E-state index is -3.56. The molecule has 3 rings (SSSR count). The van der Waals surface area contributed by atoms with Crippen LogP contribution in [-0.2, 0) is 16.4 Å². The number of aromatic nitrogens is 4. The maximum atomic E-state index is 12.7. The third-order valence-corrected chi connectivity index (χ3v) is 5.82. The summed E-state index contributed by atoms with van der Waals surface area (Å²) in [4.78, 5) is 21.0. The van der Waals surface area contributed by atoms with E-state index >= 15 is 0 Å². The number of rotatable bonds is 5. The van der Waals surface area contributed by atoms with Gasteiger partial charge in [0.05, 0.1) is 0 Å². The van der Waals surface area contributed by atoms with Gasteiger partial charge < -0.3 is 0 Å². The zero-order valence-corrected chi connectivity index (χ0v) is 16.7. The standard InChI is InChI=1S/C17H19N5O3S.ClH/c1-12-15(9-13-5-4-8-18-10-13)17(23)22(20-12)16-7-6-14(11-19-16)26(24,25)21(2)3;/h4-8,10-11,20H,9H2,1-3H3;1H. The number of aryl methyl sites for hydroxylation is 1. The average Bonchev–Trinajstić information content (AvgIpc) is 2.91. The van der Waals surface area contributed by atoms with Crippen LogP contribution in [0.4, 0.5) is 0 Å². The van der Waals surface area contributed by atoms with Crippen molar-refractivity contribution in [3.05, 3.63) is 70.0 Å². The minimum absolute atomic E-state index is 0. The summed E-state index contributed by atoms with van der Waals surface area (Å²) in [6.07, 6.45) is 5.09. The summed E-state index contributed by atoms with van der Waals surface area (Å²) >= 11 is 0. The Morgan fingerprint density at radius 3 is 2.48 bits per heavy atom. The first kappa shape index (κ1) is 20.8. The molecule has 0 aromatic carbocycles. The lowest BCUT2D eigenvalue weighted by atomic mass is 10.1. The zero-order valence-electron chi connectivity index (χ0n) is 15.1. The topological polar surface area (TPSA) is 101 Å². The van der Waals surface area contributed by atoms with Crippen molar-refractivity contribution in [3.63, 3.8) is 0 Å². The molecule has 0 spiro atoms. The van der Waals surface area contributed by atoms with Crippen molar-refractivity contribution in [1.82, 2.24) is 24.1 Å². The first-order valence-electron chi connectivity index (χ1n) is 7.89. The van der Waals surface area contributed by atoms with Crippen LogP contribution >= 0.6 is 12.4 Å². The van der Waals surface area contributed by atoms with Crippen molar-refractivity contribution in [3.8, 4) is 5.82 Å². The number of sulfonamides is 1. The zero-order chi connectivity index (χ0) is 18.9. The highest BCUT2D eigenvalue weighted by atomic mass is 35.5. The van der Waals surface area contributed by atoms with Gasteiger partial charge in [0.2, 0.25) is 10.0 Å². The van der Waals surface area contributed by atoms with Crippen molar-refractivity contribution >= 4 is 22.4 Å². The number of aromatic amines is 1. The van der Waals surface area contributed by atoms with Gasteiger partial charge >= 0.3 is 0 Å². The quantitative estimate of drug-likeness (QED) is 0.688. The van der Waals surface area contributed by atoms with Gasteiger partial charge in [-0.25, -0.2) is 22.4 Å². The van der Waals surface area contributed by atoms with E-state index in [9.17, 15) is 13.2 Å². The maximum Gasteiger partial charge on any atom is 0.276 e. The predicted molar refractivity (Wildman–Crippen MR) is 104 cm³/mol. The van der Waals surface area contributed by atoms with Crippen LogP contribution in [0.25, 0.3) is 5.82 Å². The summed E-state index contributed by atoms with van der Waals surface area (Å²) < 4.78 is 26.6. The Labute approximate surface area is 163 Å². The number of pyridine rings is 2. The number of hydrogen-bond acceptors (Lipinski definition) is 5. The molecule has 3 aromatic heterocycles. The van der Waals surface area contributed by atoms with Gasteiger partial charge in [-0.05, 0) is 30.7 Å². The van der Waals surface area contributed by atoms with E-state index in [1.807, 2.05) is 19.1 Å². The summed E-state index contributed by atoms with van der Waals surface area (Å²) in [7, 11) is -0.661. The van der Waals surface area contributed by atoms with Crippen LogP contribution in [0.2, 0.25) is 0 Å². The fraction of sp³-hybridized carbons (Fsp3) is 0.235. The second kappa shape index (κ2) is 8.03. The van der Waals surface area contributed by atoms with Crippen LogP contribution in [0.1, 0.15) is 16.8 Å². The molecular formula is C17H20ClN5O3S. The highest BCUT2D eigenvalue weighted by Gasteiger charge is 2.19. The van der Waals surface area contributed by atoms with Crippen LogP contribution in [0.5, 0.6) is 0 Å². The van der Waals surface area contributed by atoms with Crippen molar-refractivity contribution < 1.29 is 8.42 Å². The molecule has 3 heterocycles. The molecule has 1 N–H and O–H groups in total. The Kier molecular flexibility index (Phi) is 6.19. The van der Waals surface area contributed by atoms with E-state index in [1.54, 1.807) is 12.4 Å². The number of nitrogens with one attached hydrogen (secondary N) is 1. The molecule has 0 aliphatic heterocycles. The van der Waals surface area contributed by atoms with Gasteiger partial charge in [-0.3, -0.25) is 14.9 Å². The van der Waals surface area contributed by atoms with Crippen LogP contribution < -0.4 is 5.56 Å². The average molecular weight is 410 g/mol. The normalized spacial score (nSPS) is 11.4. The molecule has 0 aliphatic carbocycles. The van der Waals surface area contributed by atoms with Crippen molar-refractivity contribution in [1.29, 1.82) is 0 Å². The molecule has 0 radical (unpaired) electrons. The Morgan fingerprint density at radius 2 is 1.93 bits per heavy atom. The molecule has 144 valence electrons. The lowest BCUT2D eigenvalue weighted by Gasteiger charge is -2.11. The number of hydrogen-bond donors (Lipinski definition) is 1. The molecule has 27 heavy (non-hydrogen) atoms. The Morgan fingerprint density at radius 1 is 1.19 bits per heavy atom. The van der Waals surface area contributed by atoms with E-state index in [0.29, 0.717) is 17.8 Å². The summed E-state index contributed by atoms with van der Waals surface area (Å²) in [6, 6.07) is 6.66. The van der Waals surface area contributed by atoms with E-state index in [2.05, 4.69) is 15.1 Å². The van der Waals surface area contributed by atoms with E-state index in [-0.39, 0.29) is 22.9 Å². The fourth-order valence-electron chi connectivity index (χ4n) is 2.53. The van der Waals surface area contributed by atoms with Crippen LogP contribution in [0.3, 0.4) is 0 Å². The highest BCUT2D eigenvalue weighted by molar-refractivity contribution is 7.89. The third-order valence-electron chi connectivity index (χ3n) is 4.03. The predicted octanol–water partition coefficient (Wildman–Crippen LogP) is 1.53. The van der Waals surface area contributed by atoms with Crippen molar-refractivity contribution in [2.75, 3.05) is 14.1 Å². The molecule has 3 aromatic rings. The van der Waals surface area contributed by atoms with E-state index in [0.717, 1.165) is 15.6 Å². The molecule has 8 nitrogen and oxygen atoms in total. The first-order valence-corrected chi connectivity index (χ1v) is 9.33. The summed E-state index contributed by atoms with van der Waals surface area (Å²) in [5.74, 6) is 0.327. The highest BCUT2D eigenvalue weighted by Crippen LogP contribution is 2.14. The number of halogens is 1. The Bertz CT molecular complexity index is 1070. The minimum Gasteiger partial charge on any atom is -0.294 e. The number of H-pyrrole nitrogens is 1. The van der Waals surface area contributed by atoms with Crippen LogP contribution in [0, 0.1) is 6.92 Å². The van der Waals surface area contributed by atoms with E-state index in [1.165, 1.54) is 37.1 Å². The second-order valence-electron chi connectivity index (χ2n) is 6.03. The molecule has 0 atom stereocenters. The summed E-state index contributed by atoms with van der Waals surface area (Å²) in [6.45, 7) is 1.81. The van der Waals surface area contributed by atoms with Gasteiger partial charge in [0, 0.05) is 50.4 Å². The van der Waals surface area contributed by atoms with Gasteiger partial charge in [-0.1, -0.05) is 6.07 Å². The fourth-order valence-corrected chi connectivity index (χ4v) is 3.37. The molecule has 0 amide bonds. The lowest BCUT2D eigenvalue weighted by molar-refractivity contribution is 0.520. The van der Waals surface area contributed by atoms with Gasteiger partial charge in [0.1, 0.15) is 4.90 Å². The molecule has 10 heteroatoms. The SMILES string of the molecule is Cc1[nH]n(-c2ccc(S(=O)(=O)N(C)C)cn2)c(=O)c1Cc1cccnc1.Cl. The molecule has 0 aliphatic rings. The first-order chi connectivity index (χ1) is 12.3. The molecular weight excluding hydrogens is 390 g/mol. The summed E-state index contributed by atoms with van der Waals surface area (Å²) in [5, 5.41) is 2.99. The lowest BCUT2D eigenvalue weighted by Crippen LogP contribution is -2.23. The van der Waals surface area contributed by atoms with Crippen LogP contribution in [0.15, 0.2) is 52.5 Å². The van der Waals surface area contributed by atoms with Gasteiger partial charge in [-0.2, -0.15) is 0 Å². The van der Waals surface area contributed by atoms with Gasteiger partial charge in [-0.15, -0.1) is 12.4 Å². The van der Waals surface area contributed by atoms with E-state index < -0.39 is 10.0 Å². The monoisotopic (exact) mass is 409 g/mol.